The topological polar surface area (TPSA) is 62.7 Å². The number of aromatic nitrogens is 1. The fraction of sp³-hybridized carbons (Fsp3) is 0.308. The molecule has 0 saturated heterocycles. The lowest BCUT2D eigenvalue weighted by atomic mass is 9.87. The number of likely N-dealkylation sites (N-methyl/N-ethyl adjacent to an activating group) is 1. The summed E-state index contributed by atoms with van der Waals surface area (Å²) < 4.78 is 56.4. The third-order valence-electron chi connectivity index (χ3n) is 6.24. The van der Waals surface area contributed by atoms with Gasteiger partial charge in [-0.15, -0.1) is 0 Å². The molecule has 0 amide bonds. The first kappa shape index (κ1) is 24.7. The summed E-state index contributed by atoms with van der Waals surface area (Å²) in [4.78, 5) is 17.8. The van der Waals surface area contributed by atoms with Crippen LogP contribution in [0.2, 0.25) is 0 Å². The third kappa shape index (κ3) is 5.79. The van der Waals surface area contributed by atoms with Gasteiger partial charge in [-0.25, -0.2) is 9.18 Å². The highest BCUT2D eigenvalue weighted by Crippen LogP contribution is 2.36. The lowest BCUT2D eigenvalue weighted by molar-refractivity contribution is -0.153. The standard InChI is InChI=1S/C26H24F4N2O3/c1-32-11-9-17-12-16(20-6-4-19(13-23(20)27)35-15-26(28,29)30)2-5-21(17)24(32)7-3-18-14-31-10-8-22(18)25(33)34/h2,4-6,8,10,12-14,24H,3,7,9,11,15H2,1H3,(H,33,34)/t24-/m0/s1. The van der Waals surface area contributed by atoms with Crippen molar-refractivity contribution in [2.24, 2.45) is 0 Å². The van der Waals surface area contributed by atoms with Crippen LogP contribution in [0.15, 0.2) is 54.9 Å². The lowest BCUT2D eigenvalue weighted by Gasteiger charge is -2.35. The van der Waals surface area contributed by atoms with Crippen molar-refractivity contribution in [2.45, 2.75) is 31.5 Å². The summed E-state index contributed by atoms with van der Waals surface area (Å²) >= 11 is 0. The van der Waals surface area contributed by atoms with E-state index in [-0.39, 0.29) is 22.9 Å². The first-order valence-corrected chi connectivity index (χ1v) is 11.1. The van der Waals surface area contributed by atoms with Crippen molar-refractivity contribution in [2.75, 3.05) is 20.2 Å². The molecule has 2 heterocycles. The van der Waals surface area contributed by atoms with Crippen LogP contribution in [-0.4, -0.2) is 47.3 Å². The van der Waals surface area contributed by atoms with Crippen LogP contribution in [0.3, 0.4) is 0 Å². The van der Waals surface area contributed by atoms with Crippen molar-refractivity contribution < 1.29 is 32.2 Å². The van der Waals surface area contributed by atoms with Gasteiger partial charge in [-0.3, -0.25) is 9.88 Å². The molecule has 9 heteroatoms. The van der Waals surface area contributed by atoms with E-state index in [2.05, 4.69) is 14.6 Å². The maximum absolute atomic E-state index is 14.7. The molecule has 1 aromatic heterocycles. The number of hydrogen-bond acceptors (Lipinski definition) is 4. The zero-order valence-corrected chi connectivity index (χ0v) is 19.0. The van der Waals surface area contributed by atoms with Gasteiger partial charge in [0.1, 0.15) is 11.6 Å². The van der Waals surface area contributed by atoms with Crippen molar-refractivity contribution in [1.82, 2.24) is 9.88 Å². The number of halogens is 4. The highest BCUT2D eigenvalue weighted by atomic mass is 19.4. The number of carboxylic acids is 1. The lowest BCUT2D eigenvalue weighted by Crippen LogP contribution is -2.32. The van der Waals surface area contributed by atoms with Gasteiger partial charge in [0.15, 0.2) is 6.61 Å². The average Bonchev–Trinajstić information content (AvgIpc) is 2.81. The maximum Gasteiger partial charge on any atom is 0.422 e. The minimum absolute atomic E-state index is 0.0534. The molecule has 0 bridgehead atoms. The van der Waals surface area contributed by atoms with E-state index >= 15 is 0 Å². The number of rotatable bonds is 7. The van der Waals surface area contributed by atoms with Crippen molar-refractivity contribution >= 4 is 5.97 Å². The average molecular weight is 488 g/mol. The highest BCUT2D eigenvalue weighted by Gasteiger charge is 2.29. The van der Waals surface area contributed by atoms with Gasteiger partial charge < -0.3 is 9.84 Å². The van der Waals surface area contributed by atoms with E-state index < -0.39 is 24.6 Å². The number of aryl methyl sites for hydroxylation is 1. The molecule has 0 radical (unpaired) electrons. The molecule has 3 aromatic rings. The minimum atomic E-state index is -4.50. The van der Waals surface area contributed by atoms with Gasteiger partial charge in [0.25, 0.3) is 0 Å². The Bertz CT molecular complexity index is 1230. The Kier molecular flexibility index (Phi) is 7.07. The summed E-state index contributed by atoms with van der Waals surface area (Å²) in [6, 6.07) is 10.9. The van der Waals surface area contributed by atoms with Gasteiger partial charge >= 0.3 is 12.1 Å². The molecule has 1 N–H and O–H groups in total. The van der Waals surface area contributed by atoms with E-state index in [9.17, 15) is 27.5 Å². The molecule has 5 nitrogen and oxygen atoms in total. The van der Waals surface area contributed by atoms with E-state index in [4.69, 9.17) is 0 Å². The van der Waals surface area contributed by atoms with E-state index in [1.54, 1.807) is 12.3 Å². The Morgan fingerprint density at radius 2 is 2.00 bits per heavy atom. The van der Waals surface area contributed by atoms with Crippen molar-refractivity contribution in [3.63, 3.8) is 0 Å². The molecule has 0 saturated carbocycles. The molecule has 184 valence electrons. The number of carboxylic acid groups (broad SMARTS) is 1. The number of benzene rings is 2. The van der Waals surface area contributed by atoms with E-state index in [1.165, 1.54) is 24.4 Å². The molecule has 4 rings (SSSR count). The Morgan fingerprint density at radius 3 is 2.71 bits per heavy atom. The second kappa shape index (κ2) is 10.0. The SMILES string of the molecule is CN1CCc2cc(-c3ccc(OCC(F)(F)F)cc3F)ccc2[C@@H]1CCc1cnccc1C(=O)O. The van der Waals surface area contributed by atoms with Gasteiger partial charge in [-0.1, -0.05) is 18.2 Å². The first-order chi connectivity index (χ1) is 16.6. The second-order valence-corrected chi connectivity index (χ2v) is 8.58. The molecule has 1 aliphatic rings. The Balaban J connectivity index is 1.54. The molecular formula is C26H24F4N2O3. The zero-order valence-electron chi connectivity index (χ0n) is 19.0. The van der Waals surface area contributed by atoms with Crippen molar-refractivity contribution in [3.05, 3.63) is 82.9 Å². The van der Waals surface area contributed by atoms with Crippen LogP contribution in [0, 0.1) is 5.82 Å². The van der Waals surface area contributed by atoms with Gasteiger partial charge in [0.2, 0.25) is 0 Å². The molecule has 35 heavy (non-hydrogen) atoms. The fourth-order valence-corrected chi connectivity index (χ4v) is 4.49. The number of nitrogens with zero attached hydrogens (tertiary/aromatic N) is 2. The maximum atomic E-state index is 14.7. The summed E-state index contributed by atoms with van der Waals surface area (Å²) in [7, 11) is 2.02. The monoisotopic (exact) mass is 488 g/mol. The number of carbonyl (C=O) groups is 1. The Morgan fingerprint density at radius 1 is 1.20 bits per heavy atom. The highest BCUT2D eigenvalue weighted by molar-refractivity contribution is 5.89. The summed E-state index contributed by atoms with van der Waals surface area (Å²) in [5.41, 5.74) is 3.98. The van der Waals surface area contributed by atoms with Crippen LogP contribution >= 0.6 is 0 Å². The van der Waals surface area contributed by atoms with Crippen LogP contribution in [0.5, 0.6) is 5.75 Å². The molecular weight excluding hydrogens is 464 g/mol. The molecule has 0 aliphatic carbocycles. The van der Waals surface area contributed by atoms with Gasteiger partial charge in [0.05, 0.1) is 5.56 Å². The van der Waals surface area contributed by atoms with Gasteiger partial charge in [0, 0.05) is 36.6 Å². The summed E-state index contributed by atoms with van der Waals surface area (Å²) in [6.45, 7) is -0.695. The largest absolute Gasteiger partial charge is 0.484 e. The van der Waals surface area contributed by atoms with Crippen LogP contribution in [0.4, 0.5) is 17.6 Å². The minimum Gasteiger partial charge on any atom is -0.484 e. The summed E-state index contributed by atoms with van der Waals surface area (Å²) in [5.74, 6) is -1.83. The number of hydrogen-bond donors (Lipinski definition) is 1. The number of pyridine rings is 1. The summed E-state index contributed by atoms with van der Waals surface area (Å²) in [5, 5.41) is 9.43. The van der Waals surface area contributed by atoms with Crippen LogP contribution in [0.1, 0.15) is 39.5 Å². The molecule has 1 aliphatic heterocycles. The predicted molar refractivity (Wildman–Crippen MR) is 122 cm³/mol. The second-order valence-electron chi connectivity index (χ2n) is 8.58. The van der Waals surface area contributed by atoms with Crippen LogP contribution < -0.4 is 4.74 Å². The quantitative estimate of drug-likeness (QED) is 0.433. The van der Waals surface area contributed by atoms with E-state index in [0.29, 0.717) is 24.0 Å². The number of ether oxygens (including phenoxy) is 1. The zero-order chi connectivity index (χ0) is 25.2. The van der Waals surface area contributed by atoms with E-state index in [0.717, 1.165) is 30.2 Å². The molecule has 0 spiro atoms. The Labute approximate surface area is 200 Å². The van der Waals surface area contributed by atoms with Gasteiger partial charge in [-0.2, -0.15) is 13.2 Å². The van der Waals surface area contributed by atoms with Crippen LogP contribution in [0.25, 0.3) is 11.1 Å². The van der Waals surface area contributed by atoms with Gasteiger partial charge in [-0.05, 0) is 66.8 Å². The number of alkyl halides is 3. The van der Waals surface area contributed by atoms with Crippen molar-refractivity contribution in [1.29, 1.82) is 0 Å². The molecule has 0 fully saturated rings. The van der Waals surface area contributed by atoms with E-state index in [1.807, 2.05) is 19.2 Å². The first-order valence-electron chi connectivity index (χ1n) is 11.1. The number of fused-ring (bicyclic) bond motifs is 1. The molecule has 2 aromatic carbocycles. The number of aromatic carboxylic acids is 1. The summed E-state index contributed by atoms with van der Waals surface area (Å²) in [6.07, 6.45) is 0.543. The normalized spacial score (nSPS) is 16.1. The van der Waals surface area contributed by atoms with Crippen LogP contribution in [-0.2, 0) is 12.8 Å². The smallest absolute Gasteiger partial charge is 0.422 e. The van der Waals surface area contributed by atoms with Crippen molar-refractivity contribution in [3.8, 4) is 16.9 Å². The molecule has 1 atom stereocenters. The predicted octanol–water partition coefficient (Wildman–Crippen LogP) is 5.69. The molecule has 0 unspecified atom stereocenters. The third-order valence-corrected chi connectivity index (χ3v) is 6.24. The Hall–Kier alpha value is -3.46. The fourth-order valence-electron chi connectivity index (χ4n) is 4.49.